The van der Waals surface area contributed by atoms with Gasteiger partial charge in [0.15, 0.2) is 5.96 Å². The summed E-state index contributed by atoms with van der Waals surface area (Å²) in [5, 5.41) is 3.52. The quantitative estimate of drug-likeness (QED) is 0.627. The maximum absolute atomic E-state index is 6.07. The van der Waals surface area contributed by atoms with Crippen LogP contribution in [0.3, 0.4) is 0 Å². The lowest BCUT2D eigenvalue weighted by atomic mass is 10.1. The van der Waals surface area contributed by atoms with Gasteiger partial charge in [-0.1, -0.05) is 35.9 Å². The first-order valence-corrected chi connectivity index (χ1v) is 7.47. The highest BCUT2D eigenvalue weighted by Crippen LogP contribution is 2.27. The van der Waals surface area contributed by atoms with Crippen molar-refractivity contribution < 1.29 is 9.47 Å². The number of guanidine groups is 1. The fraction of sp³-hybridized carbons (Fsp3) is 0.235. The minimum Gasteiger partial charge on any atom is -0.495 e. The van der Waals surface area contributed by atoms with E-state index in [2.05, 4.69) is 10.3 Å². The van der Waals surface area contributed by atoms with E-state index in [1.165, 1.54) is 0 Å². The van der Waals surface area contributed by atoms with Crippen molar-refractivity contribution in [3.8, 4) is 5.75 Å². The Morgan fingerprint density at radius 1 is 1.13 bits per heavy atom. The Bertz CT molecular complexity index is 672. The third kappa shape index (κ3) is 5.16. The molecule has 122 valence electrons. The molecule has 0 aliphatic rings. The van der Waals surface area contributed by atoms with Crippen molar-refractivity contribution >= 4 is 23.2 Å². The summed E-state index contributed by atoms with van der Waals surface area (Å²) in [5.41, 5.74) is 8.85. The van der Waals surface area contributed by atoms with Crippen molar-refractivity contribution in [2.24, 2.45) is 10.7 Å². The highest BCUT2D eigenvalue weighted by molar-refractivity contribution is 6.32. The second-order valence-electron chi connectivity index (χ2n) is 4.93. The normalized spacial score (nSPS) is 11.3. The van der Waals surface area contributed by atoms with Gasteiger partial charge >= 0.3 is 0 Å². The van der Waals surface area contributed by atoms with Crippen LogP contribution in [-0.2, 0) is 17.9 Å². The first kappa shape index (κ1) is 17.1. The third-order valence-corrected chi connectivity index (χ3v) is 3.49. The van der Waals surface area contributed by atoms with Crippen LogP contribution in [0.5, 0.6) is 5.75 Å². The monoisotopic (exact) mass is 333 g/mol. The average molecular weight is 334 g/mol. The maximum atomic E-state index is 6.07. The fourth-order valence-electron chi connectivity index (χ4n) is 2.02. The molecule has 0 unspecified atom stereocenters. The first-order chi connectivity index (χ1) is 11.1. The summed E-state index contributed by atoms with van der Waals surface area (Å²) >= 11 is 6.07. The summed E-state index contributed by atoms with van der Waals surface area (Å²) in [6, 6.07) is 13.4. The van der Waals surface area contributed by atoms with Crippen LogP contribution >= 0.6 is 11.6 Å². The predicted octanol–water partition coefficient (Wildman–Crippen LogP) is 3.42. The highest BCUT2D eigenvalue weighted by Gasteiger charge is 2.02. The summed E-state index contributed by atoms with van der Waals surface area (Å²) in [7, 11) is 3.25. The van der Waals surface area contributed by atoms with Crippen LogP contribution < -0.4 is 15.8 Å². The van der Waals surface area contributed by atoms with E-state index in [9.17, 15) is 0 Å². The SMILES string of the molecule is COCc1ccc(CN=C(N)Nc2ccc(OC)c(Cl)c2)cc1. The van der Waals surface area contributed by atoms with Crippen LogP contribution in [0.4, 0.5) is 5.69 Å². The molecular formula is C17H20ClN3O2. The number of methoxy groups -OCH3 is 2. The minimum atomic E-state index is 0.326. The van der Waals surface area contributed by atoms with Gasteiger partial charge in [-0.05, 0) is 29.3 Å². The number of hydrogen-bond donors (Lipinski definition) is 2. The fourth-order valence-corrected chi connectivity index (χ4v) is 2.27. The van der Waals surface area contributed by atoms with E-state index in [0.717, 1.165) is 16.8 Å². The van der Waals surface area contributed by atoms with Crippen LogP contribution in [0.2, 0.25) is 5.02 Å². The molecule has 0 aliphatic heterocycles. The van der Waals surface area contributed by atoms with E-state index in [4.69, 9.17) is 26.8 Å². The molecule has 0 radical (unpaired) electrons. The number of hydrogen-bond acceptors (Lipinski definition) is 3. The van der Waals surface area contributed by atoms with E-state index in [1.807, 2.05) is 30.3 Å². The van der Waals surface area contributed by atoms with Gasteiger partial charge < -0.3 is 20.5 Å². The number of aliphatic imine (C=N–C) groups is 1. The van der Waals surface area contributed by atoms with Crippen molar-refractivity contribution in [1.82, 2.24) is 0 Å². The average Bonchev–Trinajstić information content (AvgIpc) is 2.55. The molecule has 0 bridgehead atoms. The minimum absolute atomic E-state index is 0.326. The van der Waals surface area contributed by atoms with Gasteiger partial charge in [0.05, 0.1) is 25.3 Å². The molecule has 6 heteroatoms. The van der Waals surface area contributed by atoms with Gasteiger partial charge in [0.1, 0.15) is 5.75 Å². The zero-order valence-corrected chi connectivity index (χ0v) is 13.9. The maximum Gasteiger partial charge on any atom is 0.193 e. The number of rotatable bonds is 6. The molecule has 0 aromatic heterocycles. The highest BCUT2D eigenvalue weighted by atomic mass is 35.5. The van der Waals surface area contributed by atoms with Crippen molar-refractivity contribution in [3.05, 3.63) is 58.6 Å². The zero-order valence-electron chi connectivity index (χ0n) is 13.2. The molecule has 0 saturated carbocycles. The molecule has 0 fully saturated rings. The molecule has 0 heterocycles. The van der Waals surface area contributed by atoms with Gasteiger partial charge in [-0.2, -0.15) is 0 Å². The molecule has 0 atom stereocenters. The van der Waals surface area contributed by atoms with Gasteiger partial charge in [0, 0.05) is 12.8 Å². The van der Waals surface area contributed by atoms with Crippen LogP contribution in [0, 0.1) is 0 Å². The van der Waals surface area contributed by atoms with Crippen LogP contribution in [-0.4, -0.2) is 20.2 Å². The van der Waals surface area contributed by atoms with Gasteiger partial charge in [-0.15, -0.1) is 0 Å². The van der Waals surface area contributed by atoms with E-state index in [1.54, 1.807) is 26.4 Å². The molecule has 2 rings (SSSR count). The van der Waals surface area contributed by atoms with Gasteiger partial charge in [-0.25, -0.2) is 4.99 Å². The smallest absolute Gasteiger partial charge is 0.193 e. The topological polar surface area (TPSA) is 68.9 Å². The lowest BCUT2D eigenvalue weighted by molar-refractivity contribution is 0.185. The Labute approximate surface area is 141 Å². The van der Waals surface area contributed by atoms with Gasteiger partial charge in [-0.3, -0.25) is 0 Å². The molecule has 0 spiro atoms. The van der Waals surface area contributed by atoms with Gasteiger partial charge in [0.2, 0.25) is 0 Å². The van der Waals surface area contributed by atoms with E-state index in [-0.39, 0.29) is 0 Å². The van der Waals surface area contributed by atoms with Crippen LogP contribution in [0.25, 0.3) is 0 Å². The Morgan fingerprint density at radius 2 is 1.83 bits per heavy atom. The Kier molecular flexibility index (Phi) is 6.26. The number of halogens is 1. The second kappa shape index (κ2) is 8.41. The van der Waals surface area contributed by atoms with Crippen molar-refractivity contribution in [2.75, 3.05) is 19.5 Å². The Balaban J connectivity index is 1.95. The number of anilines is 1. The third-order valence-electron chi connectivity index (χ3n) is 3.19. The van der Waals surface area contributed by atoms with E-state index >= 15 is 0 Å². The summed E-state index contributed by atoms with van der Waals surface area (Å²) in [6.07, 6.45) is 0. The molecule has 5 nitrogen and oxygen atoms in total. The largest absolute Gasteiger partial charge is 0.495 e. The van der Waals surface area contributed by atoms with E-state index < -0.39 is 0 Å². The lowest BCUT2D eigenvalue weighted by Crippen LogP contribution is -2.22. The van der Waals surface area contributed by atoms with Crippen LogP contribution in [0.15, 0.2) is 47.5 Å². The number of nitrogens with one attached hydrogen (secondary N) is 1. The first-order valence-electron chi connectivity index (χ1n) is 7.09. The second-order valence-corrected chi connectivity index (χ2v) is 5.33. The molecule has 0 amide bonds. The summed E-state index contributed by atoms with van der Waals surface area (Å²) in [6.45, 7) is 1.10. The molecule has 2 aromatic carbocycles. The molecule has 0 saturated heterocycles. The lowest BCUT2D eigenvalue weighted by Gasteiger charge is -2.08. The Morgan fingerprint density at radius 3 is 2.43 bits per heavy atom. The Hall–Kier alpha value is -2.24. The van der Waals surface area contributed by atoms with Crippen molar-refractivity contribution in [1.29, 1.82) is 0 Å². The molecule has 0 aliphatic carbocycles. The number of benzene rings is 2. The van der Waals surface area contributed by atoms with Crippen molar-refractivity contribution in [3.63, 3.8) is 0 Å². The number of nitrogens with zero attached hydrogens (tertiary/aromatic N) is 1. The molecule has 3 N–H and O–H groups in total. The van der Waals surface area contributed by atoms with Gasteiger partial charge in [0.25, 0.3) is 0 Å². The summed E-state index contributed by atoms with van der Waals surface area (Å²) in [5.74, 6) is 0.941. The standard InChI is InChI=1S/C17H20ClN3O2/c1-22-11-13-5-3-12(4-6-13)10-20-17(19)21-14-7-8-16(23-2)15(18)9-14/h3-9H,10-11H2,1-2H3,(H3,19,20,21). The number of ether oxygens (including phenoxy) is 2. The molecule has 2 aromatic rings. The zero-order chi connectivity index (χ0) is 16.7. The van der Waals surface area contributed by atoms with E-state index in [0.29, 0.717) is 29.9 Å². The summed E-state index contributed by atoms with van der Waals surface area (Å²) < 4.78 is 10.2. The summed E-state index contributed by atoms with van der Waals surface area (Å²) in [4.78, 5) is 4.32. The predicted molar refractivity (Wildman–Crippen MR) is 94.1 cm³/mol. The van der Waals surface area contributed by atoms with Crippen LogP contribution in [0.1, 0.15) is 11.1 Å². The van der Waals surface area contributed by atoms with Crippen molar-refractivity contribution in [2.45, 2.75) is 13.2 Å². The number of nitrogens with two attached hydrogens (primary N) is 1. The molecule has 23 heavy (non-hydrogen) atoms. The molecular weight excluding hydrogens is 314 g/mol.